The summed E-state index contributed by atoms with van der Waals surface area (Å²) in [6, 6.07) is 17.5. The molecule has 5 rings (SSSR count). The van der Waals surface area contributed by atoms with Gasteiger partial charge in [0.15, 0.2) is 5.82 Å². The molecule has 1 aliphatic heterocycles. The number of pyridine rings is 1. The zero-order valence-corrected chi connectivity index (χ0v) is 19.6. The molecule has 2 aromatic heterocycles. The number of benzene rings is 2. The van der Waals surface area contributed by atoms with E-state index in [1.807, 2.05) is 31.2 Å². The Labute approximate surface area is 203 Å². The van der Waals surface area contributed by atoms with E-state index in [0.717, 1.165) is 23.4 Å². The second-order valence-corrected chi connectivity index (χ2v) is 8.84. The van der Waals surface area contributed by atoms with Crippen molar-refractivity contribution in [3.05, 3.63) is 93.7 Å². The van der Waals surface area contributed by atoms with E-state index in [1.165, 1.54) is 16.3 Å². The molecule has 0 bridgehead atoms. The molecule has 1 amide bonds. The summed E-state index contributed by atoms with van der Waals surface area (Å²) < 4.78 is 1.58. The van der Waals surface area contributed by atoms with Crippen molar-refractivity contribution < 1.29 is 4.79 Å². The minimum atomic E-state index is -0.554. The van der Waals surface area contributed by atoms with Gasteiger partial charge in [-0.15, -0.1) is 0 Å². The number of nitrogen functional groups attached to an aromatic ring is 1. The van der Waals surface area contributed by atoms with Crippen LogP contribution in [0.5, 0.6) is 0 Å². The second kappa shape index (κ2) is 9.58. The third kappa shape index (κ3) is 4.59. The molecule has 0 spiro atoms. The number of carbonyl (C=O) groups is 1. The molecular weight excluding hydrogens is 440 g/mol. The summed E-state index contributed by atoms with van der Waals surface area (Å²) in [5, 5.41) is 8.54. The van der Waals surface area contributed by atoms with Crippen molar-refractivity contribution in [2.45, 2.75) is 38.8 Å². The van der Waals surface area contributed by atoms with E-state index in [1.54, 1.807) is 16.8 Å². The predicted molar refractivity (Wildman–Crippen MR) is 137 cm³/mol. The van der Waals surface area contributed by atoms with Crippen molar-refractivity contribution in [3.8, 4) is 0 Å². The zero-order chi connectivity index (χ0) is 24.4. The van der Waals surface area contributed by atoms with Crippen molar-refractivity contribution >= 4 is 28.3 Å². The number of anilines is 2. The molecule has 0 aliphatic carbocycles. The molecule has 1 aliphatic rings. The third-order valence-corrected chi connectivity index (χ3v) is 6.60. The first-order valence-corrected chi connectivity index (χ1v) is 11.8. The van der Waals surface area contributed by atoms with Crippen LogP contribution in [0.4, 0.5) is 11.6 Å². The van der Waals surface area contributed by atoms with Crippen molar-refractivity contribution in [1.82, 2.24) is 19.9 Å². The van der Waals surface area contributed by atoms with Crippen LogP contribution < -0.4 is 21.9 Å². The van der Waals surface area contributed by atoms with Crippen LogP contribution in [-0.4, -0.2) is 27.0 Å². The summed E-state index contributed by atoms with van der Waals surface area (Å²) in [5.74, 6) is 0.532. The quantitative estimate of drug-likeness (QED) is 0.384. The summed E-state index contributed by atoms with van der Waals surface area (Å²) in [4.78, 5) is 34.8. The highest BCUT2D eigenvalue weighted by molar-refractivity contribution is 5.85. The Hall–Kier alpha value is -4.20. The highest BCUT2D eigenvalue weighted by Gasteiger charge is 2.30. The molecule has 0 saturated heterocycles. The summed E-state index contributed by atoms with van der Waals surface area (Å²) in [5.41, 5.74) is 9.10. The maximum atomic E-state index is 13.2. The molecule has 178 valence electrons. The maximum absolute atomic E-state index is 13.2. The average molecular weight is 469 g/mol. The first-order chi connectivity index (χ1) is 17.0. The molecule has 0 radical (unpaired) electrons. The van der Waals surface area contributed by atoms with Crippen LogP contribution in [-0.2, 0) is 24.2 Å². The molecule has 4 N–H and O–H groups in total. The van der Waals surface area contributed by atoms with Crippen molar-refractivity contribution in [2.75, 3.05) is 17.6 Å². The smallest absolute Gasteiger partial charge is 0.294 e. The largest absolute Gasteiger partial charge is 0.384 e. The van der Waals surface area contributed by atoms with E-state index >= 15 is 0 Å². The van der Waals surface area contributed by atoms with Crippen LogP contribution in [0.3, 0.4) is 0 Å². The molecule has 0 fully saturated rings. The normalized spacial score (nSPS) is 14.6. The predicted octanol–water partition coefficient (Wildman–Crippen LogP) is 3.14. The molecule has 0 unspecified atom stereocenters. The first-order valence-electron chi connectivity index (χ1n) is 11.8. The van der Waals surface area contributed by atoms with Gasteiger partial charge in [-0.3, -0.25) is 14.2 Å². The standard InChI is InChI=1S/C27H28N6O2/c1-17-20(9-12-24(28)32-17)15-31-26(34)23-11-10-21-16-30-25(27(35)33(21)23)29-14-13-19-7-4-6-18-5-2-3-8-22(18)19/h2-9,12,16,23H,10-11,13-15H2,1H3,(H2,28,32)(H,29,30)(H,31,34)/t23-/m0/s1. The molecule has 0 saturated carbocycles. The van der Waals surface area contributed by atoms with Gasteiger partial charge < -0.3 is 16.4 Å². The van der Waals surface area contributed by atoms with Gasteiger partial charge in [0.25, 0.3) is 5.56 Å². The Bertz CT molecular complexity index is 1460. The Morgan fingerprint density at radius 2 is 1.94 bits per heavy atom. The average Bonchev–Trinajstić information content (AvgIpc) is 3.30. The van der Waals surface area contributed by atoms with Gasteiger partial charge in [-0.2, -0.15) is 0 Å². The van der Waals surface area contributed by atoms with Gasteiger partial charge in [0, 0.05) is 30.7 Å². The summed E-state index contributed by atoms with van der Waals surface area (Å²) in [6.45, 7) is 2.75. The lowest BCUT2D eigenvalue weighted by Crippen LogP contribution is -2.36. The van der Waals surface area contributed by atoms with E-state index < -0.39 is 6.04 Å². The van der Waals surface area contributed by atoms with Gasteiger partial charge >= 0.3 is 0 Å². The van der Waals surface area contributed by atoms with Gasteiger partial charge in [0.2, 0.25) is 5.91 Å². The molecule has 35 heavy (non-hydrogen) atoms. The van der Waals surface area contributed by atoms with Crippen LogP contribution in [0.1, 0.15) is 35.0 Å². The molecule has 1 atom stereocenters. The van der Waals surface area contributed by atoms with Gasteiger partial charge in [-0.1, -0.05) is 48.5 Å². The number of fused-ring (bicyclic) bond motifs is 2. The Morgan fingerprint density at radius 1 is 1.11 bits per heavy atom. The number of aryl methyl sites for hydroxylation is 2. The number of rotatable bonds is 7. The fourth-order valence-electron chi connectivity index (χ4n) is 4.73. The van der Waals surface area contributed by atoms with E-state index in [-0.39, 0.29) is 17.3 Å². The molecule has 4 aromatic rings. The Kier molecular flexibility index (Phi) is 6.18. The van der Waals surface area contributed by atoms with E-state index in [4.69, 9.17) is 5.73 Å². The van der Waals surface area contributed by atoms with E-state index in [0.29, 0.717) is 31.7 Å². The SMILES string of the molecule is Cc1nc(N)ccc1CNC(=O)[C@@H]1CCc2cnc(NCCc3cccc4ccccc34)c(=O)n21. The van der Waals surface area contributed by atoms with E-state index in [9.17, 15) is 9.59 Å². The van der Waals surface area contributed by atoms with Crippen molar-refractivity contribution in [1.29, 1.82) is 0 Å². The van der Waals surface area contributed by atoms with Crippen LogP contribution in [0, 0.1) is 6.92 Å². The van der Waals surface area contributed by atoms with Crippen molar-refractivity contribution in [3.63, 3.8) is 0 Å². The molecule has 8 heteroatoms. The van der Waals surface area contributed by atoms with Crippen molar-refractivity contribution in [2.24, 2.45) is 0 Å². The topological polar surface area (TPSA) is 115 Å². The third-order valence-electron chi connectivity index (χ3n) is 6.60. The summed E-state index contributed by atoms with van der Waals surface area (Å²) in [6.07, 6.45) is 3.66. The minimum absolute atomic E-state index is 0.185. The molecule has 2 aromatic carbocycles. The summed E-state index contributed by atoms with van der Waals surface area (Å²) >= 11 is 0. The fraction of sp³-hybridized carbons (Fsp3) is 0.259. The lowest BCUT2D eigenvalue weighted by Gasteiger charge is -2.16. The summed E-state index contributed by atoms with van der Waals surface area (Å²) in [7, 11) is 0. The zero-order valence-electron chi connectivity index (χ0n) is 19.6. The van der Waals surface area contributed by atoms with Gasteiger partial charge in [-0.25, -0.2) is 9.97 Å². The lowest BCUT2D eigenvalue weighted by atomic mass is 10.0. The van der Waals surface area contributed by atoms with Gasteiger partial charge in [0.05, 0.1) is 0 Å². The maximum Gasteiger partial charge on any atom is 0.294 e. The van der Waals surface area contributed by atoms with Gasteiger partial charge in [-0.05, 0) is 54.2 Å². The number of hydrogen-bond donors (Lipinski definition) is 3. The van der Waals surface area contributed by atoms with Crippen LogP contribution in [0.2, 0.25) is 0 Å². The lowest BCUT2D eigenvalue weighted by molar-refractivity contribution is -0.124. The minimum Gasteiger partial charge on any atom is -0.384 e. The molecular formula is C27H28N6O2. The van der Waals surface area contributed by atoms with Crippen LogP contribution in [0.15, 0.2) is 65.6 Å². The number of hydrogen-bond acceptors (Lipinski definition) is 6. The van der Waals surface area contributed by atoms with Crippen LogP contribution in [0.25, 0.3) is 10.8 Å². The monoisotopic (exact) mass is 468 g/mol. The second-order valence-electron chi connectivity index (χ2n) is 8.84. The Morgan fingerprint density at radius 3 is 2.80 bits per heavy atom. The van der Waals surface area contributed by atoms with Crippen LogP contribution >= 0.6 is 0 Å². The molecule has 8 nitrogen and oxygen atoms in total. The number of amides is 1. The molecule has 3 heterocycles. The number of nitrogens with zero attached hydrogens (tertiary/aromatic N) is 3. The Balaban J connectivity index is 1.27. The number of aromatic nitrogens is 3. The fourth-order valence-corrected chi connectivity index (χ4v) is 4.73. The highest BCUT2D eigenvalue weighted by atomic mass is 16.2. The van der Waals surface area contributed by atoms with E-state index in [2.05, 4.69) is 44.9 Å². The number of nitrogens with two attached hydrogens (primary N) is 1. The number of nitrogens with one attached hydrogen (secondary N) is 2. The first kappa shape index (κ1) is 22.6. The van der Waals surface area contributed by atoms with Gasteiger partial charge in [0.1, 0.15) is 11.9 Å². The number of carbonyl (C=O) groups excluding carboxylic acids is 1. The highest BCUT2D eigenvalue weighted by Crippen LogP contribution is 2.24.